The first kappa shape index (κ1) is 19.3. The molecule has 1 amide bonds. The molecule has 9 heteroatoms. The van der Waals surface area contributed by atoms with Gasteiger partial charge in [-0.05, 0) is 43.2 Å². The molecular formula is C18H19F4N3O2. The fourth-order valence-corrected chi connectivity index (χ4v) is 3.13. The summed E-state index contributed by atoms with van der Waals surface area (Å²) in [5.41, 5.74) is 1.00. The second kappa shape index (κ2) is 7.67. The van der Waals surface area contributed by atoms with Gasteiger partial charge in [-0.15, -0.1) is 0 Å². The fourth-order valence-electron chi connectivity index (χ4n) is 3.13. The molecule has 1 aliphatic heterocycles. The first-order chi connectivity index (χ1) is 12.7. The largest absolute Gasteiger partial charge is 0.406 e. The predicted molar refractivity (Wildman–Crippen MR) is 89.5 cm³/mol. The Balaban J connectivity index is 1.89. The number of rotatable bonds is 4. The SMILES string of the molecule is Cn1nc(-c2ccc(F)cc2)cc1C(=O)N(CC(F)(F)F)C1CCOCC1. The van der Waals surface area contributed by atoms with Crippen molar-refractivity contribution >= 4 is 5.91 Å². The van der Waals surface area contributed by atoms with Crippen molar-refractivity contribution in [1.82, 2.24) is 14.7 Å². The van der Waals surface area contributed by atoms with Crippen LogP contribution in [0.2, 0.25) is 0 Å². The van der Waals surface area contributed by atoms with E-state index in [1.807, 2.05) is 0 Å². The monoisotopic (exact) mass is 385 g/mol. The molecule has 1 aromatic heterocycles. The van der Waals surface area contributed by atoms with Gasteiger partial charge in [0.05, 0.1) is 5.69 Å². The molecule has 1 fully saturated rings. The van der Waals surface area contributed by atoms with E-state index in [4.69, 9.17) is 4.74 Å². The van der Waals surface area contributed by atoms with E-state index in [0.717, 1.165) is 4.90 Å². The molecule has 3 rings (SSSR count). The zero-order valence-corrected chi connectivity index (χ0v) is 14.7. The minimum Gasteiger partial charge on any atom is -0.381 e. The van der Waals surface area contributed by atoms with E-state index in [0.29, 0.717) is 37.3 Å². The molecule has 146 valence electrons. The zero-order valence-electron chi connectivity index (χ0n) is 14.7. The lowest BCUT2D eigenvalue weighted by Crippen LogP contribution is -2.48. The van der Waals surface area contributed by atoms with Gasteiger partial charge < -0.3 is 9.64 Å². The molecule has 1 saturated heterocycles. The lowest BCUT2D eigenvalue weighted by atomic mass is 10.1. The molecule has 27 heavy (non-hydrogen) atoms. The van der Waals surface area contributed by atoms with Crippen molar-refractivity contribution in [2.45, 2.75) is 25.1 Å². The van der Waals surface area contributed by atoms with Crippen LogP contribution in [0.5, 0.6) is 0 Å². The number of halogens is 4. The van der Waals surface area contributed by atoms with E-state index in [1.165, 1.54) is 42.1 Å². The summed E-state index contributed by atoms with van der Waals surface area (Å²) in [6.45, 7) is -0.690. The zero-order chi connectivity index (χ0) is 19.6. The summed E-state index contributed by atoms with van der Waals surface area (Å²) in [4.78, 5) is 13.8. The van der Waals surface area contributed by atoms with Gasteiger partial charge in [-0.25, -0.2) is 4.39 Å². The van der Waals surface area contributed by atoms with Gasteiger partial charge in [-0.2, -0.15) is 18.3 Å². The number of amides is 1. The minimum atomic E-state index is -4.51. The van der Waals surface area contributed by atoms with Crippen LogP contribution >= 0.6 is 0 Å². The highest BCUT2D eigenvalue weighted by atomic mass is 19.4. The van der Waals surface area contributed by atoms with Crippen LogP contribution in [0.25, 0.3) is 11.3 Å². The molecule has 0 N–H and O–H groups in total. The van der Waals surface area contributed by atoms with Gasteiger partial charge >= 0.3 is 6.18 Å². The van der Waals surface area contributed by atoms with Crippen molar-refractivity contribution in [3.63, 3.8) is 0 Å². The first-order valence-electron chi connectivity index (χ1n) is 8.50. The van der Waals surface area contributed by atoms with Gasteiger partial charge in [0.15, 0.2) is 0 Å². The molecule has 0 bridgehead atoms. The van der Waals surface area contributed by atoms with Crippen molar-refractivity contribution in [2.75, 3.05) is 19.8 Å². The second-order valence-electron chi connectivity index (χ2n) is 6.44. The van der Waals surface area contributed by atoms with Crippen molar-refractivity contribution in [1.29, 1.82) is 0 Å². The highest BCUT2D eigenvalue weighted by molar-refractivity contribution is 5.94. The highest BCUT2D eigenvalue weighted by Crippen LogP contribution is 2.26. The Hall–Kier alpha value is -2.42. The minimum absolute atomic E-state index is 0.0464. The number of aryl methyl sites for hydroxylation is 1. The van der Waals surface area contributed by atoms with Crippen LogP contribution in [0.4, 0.5) is 17.6 Å². The molecule has 0 radical (unpaired) electrons. The van der Waals surface area contributed by atoms with Gasteiger partial charge in [0.1, 0.15) is 18.1 Å². The normalized spacial score (nSPS) is 15.7. The molecule has 2 heterocycles. The maximum absolute atomic E-state index is 13.1. The smallest absolute Gasteiger partial charge is 0.381 e. The topological polar surface area (TPSA) is 47.4 Å². The Morgan fingerprint density at radius 3 is 2.48 bits per heavy atom. The quantitative estimate of drug-likeness (QED) is 0.758. The van der Waals surface area contributed by atoms with Gasteiger partial charge in [0, 0.05) is 31.9 Å². The predicted octanol–water partition coefficient (Wildman–Crippen LogP) is 3.41. The van der Waals surface area contributed by atoms with E-state index in [-0.39, 0.29) is 5.69 Å². The summed E-state index contributed by atoms with van der Waals surface area (Å²) < 4.78 is 58.7. The average Bonchev–Trinajstić information content (AvgIpc) is 3.01. The second-order valence-corrected chi connectivity index (χ2v) is 6.44. The number of hydrogen-bond acceptors (Lipinski definition) is 3. The molecule has 0 spiro atoms. The number of ether oxygens (including phenoxy) is 1. The maximum Gasteiger partial charge on any atom is 0.406 e. The van der Waals surface area contributed by atoms with E-state index in [9.17, 15) is 22.4 Å². The molecular weight excluding hydrogens is 366 g/mol. The van der Waals surface area contributed by atoms with Crippen molar-refractivity contribution in [3.8, 4) is 11.3 Å². The van der Waals surface area contributed by atoms with E-state index < -0.39 is 30.5 Å². The fraction of sp³-hybridized carbons (Fsp3) is 0.444. The number of aromatic nitrogens is 2. The van der Waals surface area contributed by atoms with Gasteiger partial charge in [0.2, 0.25) is 0 Å². The third kappa shape index (κ3) is 4.65. The molecule has 5 nitrogen and oxygen atoms in total. The summed E-state index contributed by atoms with van der Waals surface area (Å²) >= 11 is 0. The van der Waals surface area contributed by atoms with Crippen LogP contribution in [0, 0.1) is 5.82 Å². The lowest BCUT2D eigenvalue weighted by molar-refractivity contribution is -0.147. The van der Waals surface area contributed by atoms with Crippen molar-refractivity contribution in [2.24, 2.45) is 7.05 Å². The summed E-state index contributed by atoms with van der Waals surface area (Å²) in [5.74, 6) is -1.15. The third-order valence-corrected chi connectivity index (χ3v) is 4.48. The van der Waals surface area contributed by atoms with Crippen LogP contribution in [0.3, 0.4) is 0 Å². The van der Waals surface area contributed by atoms with Gasteiger partial charge in [0.25, 0.3) is 5.91 Å². The summed E-state index contributed by atoms with van der Waals surface area (Å²) in [6, 6.07) is 6.39. The summed E-state index contributed by atoms with van der Waals surface area (Å²) in [7, 11) is 1.50. The van der Waals surface area contributed by atoms with Crippen LogP contribution in [-0.4, -0.2) is 52.6 Å². The molecule has 1 aromatic carbocycles. The molecule has 0 atom stereocenters. The van der Waals surface area contributed by atoms with Crippen LogP contribution in [-0.2, 0) is 11.8 Å². The summed E-state index contributed by atoms with van der Waals surface area (Å²) in [5, 5.41) is 4.20. The van der Waals surface area contributed by atoms with Crippen LogP contribution < -0.4 is 0 Å². The number of alkyl halides is 3. The standard InChI is InChI=1S/C18H19F4N3O2/c1-24-16(10-15(23-24)12-2-4-13(19)5-3-12)17(26)25(11-18(20,21)22)14-6-8-27-9-7-14/h2-5,10,14H,6-9,11H2,1H3. The van der Waals surface area contributed by atoms with Gasteiger partial charge in [-0.1, -0.05) is 0 Å². The Bertz CT molecular complexity index is 796. The molecule has 0 unspecified atom stereocenters. The molecule has 0 aliphatic carbocycles. The Kier molecular flexibility index (Phi) is 5.50. The van der Waals surface area contributed by atoms with Crippen molar-refractivity contribution < 1.29 is 27.1 Å². The average molecular weight is 385 g/mol. The summed E-state index contributed by atoms with van der Waals surface area (Å²) in [6.07, 6.45) is -3.80. The van der Waals surface area contributed by atoms with E-state index in [1.54, 1.807) is 0 Å². The molecule has 2 aromatic rings. The number of carbonyl (C=O) groups excluding carboxylic acids is 1. The van der Waals surface area contributed by atoms with E-state index >= 15 is 0 Å². The van der Waals surface area contributed by atoms with Crippen molar-refractivity contribution in [3.05, 3.63) is 41.8 Å². The first-order valence-corrected chi connectivity index (χ1v) is 8.50. The third-order valence-electron chi connectivity index (χ3n) is 4.48. The lowest BCUT2D eigenvalue weighted by Gasteiger charge is -2.34. The van der Waals surface area contributed by atoms with Crippen LogP contribution in [0.15, 0.2) is 30.3 Å². The molecule has 1 aliphatic rings. The van der Waals surface area contributed by atoms with E-state index in [2.05, 4.69) is 5.10 Å². The molecule has 0 saturated carbocycles. The number of benzene rings is 1. The highest BCUT2D eigenvalue weighted by Gasteiger charge is 2.38. The Morgan fingerprint density at radius 2 is 1.89 bits per heavy atom. The number of hydrogen-bond donors (Lipinski definition) is 0. The maximum atomic E-state index is 13.1. The van der Waals surface area contributed by atoms with Gasteiger partial charge in [-0.3, -0.25) is 9.48 Å². The van der Waals surface area contributed by atoms with Crippen LogP contribution in [0.1, 0.15) is 23.3 Å². The Labute approximate surface area is 153 Å². The number of carbonyl (C=O) groups is 1. The number of nitrogens with zero attached hydrogens (tertiary/aromatic N) is 3. The Morgan fingerprint density at radius 1 is 1.26 bits per heavy atom.